The van der Waals surface area contributed by atoms with Gasteiger partial charge in [0.2, 0.25) is 0 Å². The van der Waals surface area contributed by atoms with Crippen LogP contribution in [0.2, 0.25) is 0 Å². The Balaban J connectivity index is 1.89. The second-order valence-electron chi connectivity index (χ2n) is 4.03. The third kappa shape index (κ3) is 3.87. The molecular formula is C14H14N2OS2. The second kappa shape index (κ2) is 6.45. The Labute approximate surface area is 121 Å². The van der Waals surface area contributed by atoms with E-state index in [0.29, 0.717) is 17.2 Å². The fourth-order valence-corrected chi connectivity index (χ4v) is 2.43. The number of thiocarbonyl (C=S) groups is 1. The molecule has 1 amide bonds. The molecule has 0 unspecified atom stereocenters. The van der Waals surface area contributed by atoms with E-state index in [4.69, 9.17) is 12.2 Å². The summed E-state index contributed by atoms with van der Waals surface area (Å²) >= 11 is 6.76. The SMILES string of the molecule is Cc1ccccc1C(=O)NC(=S)NCc1cccs1. The van der Waals surface area contributed by atoms with E-state index in [1.54, 1.807) is 17.4 Å². The molecule has 19 heavy (non-hydrogen) atoms. The summed E-state index contributed by atoms with van der Waals surface area (Å²) in [5.41, 5.74) is 1.57. The molecule has 98 valence electrons. The van der Waals surface area contributed by atoms with Crippen LogP contribution in [-0.2, 0) is 6.54 Å². The van der Waals surface area contributed by atoms with Gasteiger partial charge in [0.15, 0.2) is 5.11 Å². The Bertz CT molecular complexity index is 579. The molecule has 1 heterocycles. The first kappa shape index (κ1) is 13.7. The number of thiophene rings is 1. The normalized spacial score (nSPS) is 9.95. The number of benzene rings is 1. The van der Waals surface area contributed by atoms with Gasteiger partial charge in [-0.2, -0.15) is 0 Å². The maximum Gasteiger partial charge on any atom is 0.257 e. The monoisotopic (exact) mass is 290 g/mol. The van der Waals surface area contributed by atoms with Gasteiger partial charge in [-0.05, 0) is 42.2 Å². The summed E-state index contributed by atoms with van der Waals surface area (Å²) in [4.78, 5) is 13.2. The molecule has 0 saturated heterocycles. The number of carbonyl (C=O) groups is 1. The number of hydrogen-bond acceptors (Lipinski definition) is 3. The number of amides is 1. The Morgan fingerprint density at radius 2 is 2.05 bits per heavy atom. The molecule has 2 rings (SSSR count). The van der Waals surface area contributed by atoms with Crippen molar-refractivity contribution in [2.75, 3.05) is 0 Å². The van der Waals surface area contributed by atoms with Crippen LogP contribution < -0.4 is 10.6 Å². The molecule has 0 bridgehead atoms. The highest BCUT2D eigenvalue weighted by atomic mass is 32.1. The van der Waals surface area contributed by atoms with Crippen LogP contribution >= 0.6 is 23.6 Å². The summed E-state index contributed by atoms with van der Waals surface area (Å²) in [6, 6.07) is 11.4. The molecule has 1 aromatic carbocycles. The highest BCUT2D eigenvalue weighted by Gasteiger charge is 2.09. The van der Waals surface area contributed by atoms with Gasteiger partial charge < -0.3 is 5.32 Å². The molecule has 3 nitrogen and oxygen atoms in total. The van der Waals surface area contributed by atoms with E-state index < -0.39 is 0 Å². The lowest BCUT2D eigenvalue weighted by atomic mass is 10.1. The smallest absolute Gasteiger partial charge is 0.257 e. The first-order valence-electron chi connectivity index (χ1n) is 5.84. The van der Waals surface area contributed by atoms with Gasteiger partial charge in [0.25, 0.3) is 5.91 Å². The van der Waals surface area contributed by atoms with Crippen molar-refractivity contribution >= 4 is 34.6 Å². The maximum atomic E-state index is 12.0. The van der Waals surface area contributed by atoms with Crippen molar-refractivity contribution in [3.05, 3.63) is 57.8 Å². The van der Waals surface area contributed by atoms with Crippen LogP contribution in [0.15, 0.2) is 41.8 Å². The van der Waals surface area contributed by atoms with Crippen LogP contribution in [0.1, 0.15) is 20.8 Å². The van der Waals surface area contributed by atoms with Crippen LogP contribution in [0, 0.1) is 6.92 Å². The maximum absolute atomic E-state index is 12.0. The van der Waals surface area contributed by atoms with E-state index in [-0.39, 0.29) is 5.91 Å². The fourth-order valence-electron chi connectivity index (χ4n) is 1.62. The summed E-state index contributed by atoms with van der Waals surface area (Å²) in [7, 11) is 0. The van der Waals surface area contributed by atoms with E-state index in [2.05, 4.69) is 10.6 Å². The number of nitrogens with one attached hydrogen (secondary N) is 2. The second-order valence-corrected chi connectivity index (χ2v) is 5.47. The van der Waals surface area contributed by atoms with Crippen molar-refractivity contribution < 1.29 is 4.79 Å². The Morgan fingerprint density at radius 1 is 1.26 bits per heavy atom. The number of rotatable bonds is 3. The third-order valence-corrected chi connectivity index (χ3v) is 3.74. The minimum absolute atomic E-state index is 0.179. The molecular weight excluding hydrogens is 276 g/mol. The van der Waals surface area contributed by atoms with Gasteiger partial charge in [0.1, 0.15) is 0 Å². The van der Waals surface area contributed by atoms with Crippen molar-refractivity contribution in [2.24, 2.45) is 0 Å². The van der Waals surface area contributed by atoms with Crippen LogP contribution in [0.4, 0.5) is 0 Å². The molecule has 0 aliphatic rings. The van der Waals surface area contributed by atoms with Gasteiger partial charge in [0, 0.05) is 10.4 Å². The standard InChI is InChI=1S/C14H14N2OS2/c1-10-5-2-3-7-12(10)13(17)16-14(18)15-9-11-6-4-8-19-11/h2-8H,9H2,1H3,(H2,15,16,17,18). The van der Waals surface area contributed by atoms with E-state index >= 15 is 0 Å². The highest BCUT2D eigenvalue weighted by molar-refractivity contribution is 7.80. The molecule has 0 saturated carbocycles. The Morgan fingerprint density at radius 3 is 2.74 bits per heavy atom. The lowest BCUT2D eigenvalue weighted by Gasteiger charge is -2.10. The Kier molecular flexibility index (Phi) is 4.65. The zero-order chi connectivity index (χ0) is 13.7. The topological polar surface area (TPSA) is 41.1 Å². The molecule has 2 aromatic rings. The van der Waals surface area contributed by atoms with Gasteiger partial charge in [-0.15, -0.1) is 11.3 Å². The summed E-state index contributed by atoms with van der Waals surface area (Å²) in [6.45, 7) is 2.53. The predicted molar refractivity (Wildman–Crippen MR) is 82.4 cm³/mol. The van der Waals surface area contributed by atoms with Crippen LogP contribution in [0.5, 0.6) is 0 Å². The van der Waals surface area contributed by atoms with Crippen molar-refractivity contribution in [2.45, 2.75) is 13.5 Å². The molecule has 2 N–H and O–H groups in total. The molecule has 1 aromatic heterocycles. The zero-order valence-corrected chi connectivity index (χ0v) is 12.1. The van der Waals surface area contributed by atoms with Crippen LogP contribution in [0.25, 0.3) is 0 Å². The van der Waals surface area contributed by atoms with Crippen molar-refractivity contribution in [3.8, 4) is 0 Å². The molecule has 0 atom stereocenters. The van der Waals surface area contributed by atoms with Gasteiger partial charge in [-0.25, -0.2) is 0 Å². The van der Waals surface area contributed by atoms with Gasteiger partial charge >= 0.3 is 0 Å². The summed E-state index contributed by atoms with van der Waals surface area (Å²) in [5.74, 6) is -0.179. The van der Waals surface area contributed by atoms with Crippen LogP contribution in [0.3, 0.4) is 0 Å². The number of carbonyl (C=O) groups excluding carboxylic acids is 1. The molecule has 0 radical (unpaired) electrons. The summed E-state index contributed by atoms with van der Waals surface area (Å²) in [5, 5.41) is 8.06. The van der Waals surface area contributed by atoms with E-state index in [1.165, 1.54) is 4.88 Å². The van der Waals surface area contributed by atoms with E-state index in [1.807, 2.05) is 42.6 Å². The van der Waals surface area contributed by atoms with Crippen molar-refractivity contribution in [3.63, 3.8) is 0 Å². The molecule has 0 spiro atoms. The lowest BCUT2D eigenvalue weighted by molar-refractivity contribution is 0.0976. The quantitative estimate of drug-likeness (QED) is 0.854. The van der Waals surface area contributed by atoms with Gasteiger partial charge in [-0.1, -0.05) is 24.3 Å². The van der Waals surface area contributed by atoms with E-state index in [9.17, 15) is 4.79 Å². The minimum Gasteiger partial charge on any atom is -0.357 e. The molecule has 0 aliphatic heterocycles. The average molecular weight is 290 g/mol. The Hall–Kier alpha value is -1.72. The van der Waals surface area contributed by atoms with Crippen molar-refractivity contribution in [1.29, 1.82) is 0 Å². The van der Waals surface area contributed by atoms with Crippen molar-refractivity contribution in [1.82, 2.24) is 10.6 Å². The minimum atomic E-state index is -0.179. The number of aryl methyl sites for hydroxylation is 1. The summed E-state index contributed by atoms with van der Waals surface area (Å²) < 4.78 is 0. The molecule has 0 aliphatic carbocycles. The third-order valence-electron chi connectivity index (χ3n) is 2.62. The predicted octanol–water partition coefficient (Wildman–Crippen LogP) is 2.86. The number of hydrogen-bond donors (Lipinski definition) is 2. The summed E-state index contributed by atoms with van der Waals surface area (Å²) in [6.07, 6.45) is 0. The van der Waals surface area contributed by atoms with Gasteiger partial charge in [0.05, 0.1) is 6.54 Å². The average Bonchev–Trinajstić information content (AvgIpc) is 2.90. The lowest BCUT2D eigenvalue weighted by Crippen LogP contribution is -2.38. The zero-order valence-electron chi connectivity index (χ0n) is 10.5. The molecule has 5 heteroatoms. The van der Waals surface area contributed by atoms with Crippen LogP contribution in [-0.4, -0.2) is 11.0 Å². The van der Waals surface area contributed by atoms with E-state index in [0.717, 1.165) is 5.56 Å². The molecule has 0 fully saturated rings. The fraction of sp³-hybridized carbons (Fsp3) is 0.143. The largest absolute Gasteiger partial charge is 0.357 e. The first-order chi connectivity index (χ1) is 9.16. The first-order valence-corrected chi connectivity index (χ1v) is 7.13. The van der Waals surface area contributed by atoms with Gasteiger partial charge in [-0.3, -0.25) is 10.1 Å². The highest BCUT2D eigenvalue weighted by Crippen LogP contribution is 2.08.